The third-order valence-electron chi connectivity index (χ3n) is 2.34. The molecule has 0 spiro atoms. The van der Waals surface area contributed by atoms with E-state index in [4.69, 9.17) is 10.5 Å². The van der Waals surface area contributed by atoms with Gasteiger partial charge in [-0.05, 0) is 19.8 Å². The van der Waals surface area contributed by atoms with Gasteiger partial charge >= 0.3 is 0 Å². The van der Waals surface area contributed by atoms with E-state index in [1.165, 1.54) is 0 Å². The van der Waals surface area contributed by atoms with Crippen LogP contribution in [-0.2, 0) is 9.53 Å². The van der Waals surface area contributed by atoms with Gasteiger partial charge in [-0.1, -0.05) is 0 Å². The summed E-state index contributed by atoms with van der Waals surface area (Å²) < 4.78 is 30.6. The Hall–Kier alpha value is -0.750. The lowest BCUT2D eigenvalue weighted by Gasteiger charge is -2.16. The molecule has 1 aliphatic rings. The largest absolute Gasteiger partial charge is 0.365 e. The lowest BCUT2D eigenvalue weighted by atomic mass is 10.2. The second kappa shape index (κ2) is 4.85. The van der Waals surface area contributed by atoms with E-state index >= 15 is 0 Å². The monoisotopic (exact) mass is 222 g/mol. The summed E-state index contributed by atoms with van der Waals surface area (Å²) in [5.74, 6) is -3.52. The third kappa shape index (κ3) is 3.71. The molecule has 0 bridgehead atoms. The van der Waals surface area contributed by atoms with Crippen molar-refractivity contribution in [3.8, 4) is 0 Å². The van der Waals surface area contributed by atoms with Gasteiger partial charge in [0.25, 0.3) is 5.92 Å². The van der Waals surface area contributed by atoms with E-state index in [9.17, 15) is 13.6 Å². The highest BCUT2D eigenvalue weighted by atomic mass is 19.3. The number of amides is 1. The molecule has 1 heterocycles. The average Bonchev–Trinajstić information content (AvgIpc) is 2.61. The number of halogens is 2. The Morgan fingerprint density at radius 1 is 1.60 bits per heavy atom. The Bertz CT molecular complexity index is 236. The Kier molecular flexibility index (Phi) is 3.98. The van der Waals surface area contributed by atoms with Crippen molar-refractivity contribution in [2.24, 2.45) is 5.73 Å². The first kappa shape index (κ1) is 12.3. The van der Waals surface area contributed by atoms with Crippen molar-refractivity contribution in [2.45, 2.75) is 37.9 Å². The van der Waals surface area contributed by atoms with Gasteiger partial charge in [-0.2, -0.15) is 0 Å². The van der Waals surface area contributed by atoms with Gasteiger partial charge in [0.1, 0.15) is 6.10 Å². The lowest BCUT2D eigenvalue weighted by Crippen LogP contribution is -2.44. The highest BCUT2D eigenvalue weighted by Gasteiger charge is 2.32. The Morgan fingerprint density at radius 2 is 2.27 bits per heavy atom. The smallest absolute Gasteiger partial charge is 0.277 e. The molecule has 1 fully saturated rings. The number of ether oxygens (including phenoxy) is 1. The molecule has 1 rings (SSSR count). The van der Waals surface area contributed by atoms with Crippen LogP contribution in [0.25, 0.3) is 0 Å². The number of carbonyl (C=O) groups is 1. The van der Waals surface area contributed by atoms with Crippen LogP contribution in [-0.4, -0.2) is 37.1 Å². The SMILES string of the molecule is CC1CCC(C(=O)NCC(F)(F)CN)O1. The quantitative estimate of drug-likeness (QED) is 0.717. The molecule has 6 heteroatoms. The van der Waals surface area contributed by atoms with Crippen LogP contribution in [0.4, 0.5) is 8.78 Å². The molecule has 0 aromatic heterocycles. The molecule has 0 aliphatic carbocycles. The molecule has 2 unspecified atom stereocenters. The van der Waals surface area contributed by atoms with Crippen LogP contribution in [0.5, 0.6) is 0 Å². The van der Waals surface area contributed by atoms with Gasteiger partial charge in [0.15, 0.2) is 0 Å². The van der Waals surface area contributed by atoms with Crippen LogP contribution < -0.4 is 11.1 Å². The van der Waals surface area contributed by atoms with Crippen LogP contribution in [0.3, 0.4) is 0 Å². The third-order valence-corrected chi connectivity index (χ3v) is 2.34. The van der Waals surface area contributed by atoms with E-state index in [-0.39, 0.29) is 6.10 Å². The molecule has 1 saturated heterocycles. The number of hydrogen-bond donors (Lipinski definition) is 2. The molecule has 0 saturated carbocycles. The molecule has 1 aliphatic heterocycles. The minimum atomic E-state index is -3.04. The van der Waals surface area contributed by atoms with Crippen molar-refractivity contribution in [1.29, 1.82) is 0 Å². The molecular weight excluding hydrogens is 206 g/mol. The fourth-order valence-corrected chi connectivity index (χ4v) is 1.40. The molecule has 0 aromatic rings. The Morgan fingerprint density at radius 3 is 2.73 bits per heavy atom. The Balaban J connectivity index is 2.30. The summed E-state index contributed by atoms with van der Waals surface area (Å²) in [6.45, 7) is 0.355. The number of rotatable bonds is 4. The topological polar surface area (TPSA) is 64.4 Å². The van der Waals surface area contributed by atoms with Crippen molar-refractivity contribution in [1.82, 2.24) is 5.32 Å². The number of nitrogens with two attached hydrogens (primary N) is 1. The fraction of sp³-hybridized carbons (Fsp3) is 0.889. The van der Waals surface area contributed by atoms with Crippen molar-refractivity contribution in [2.75, 3.05) is 13.1 Å². The Labute approximate surface area is 87.1 Å². The summed E-state index contributed by atoms with van der Waals surface area (Å²) in [5.41, 5.74) is 4.84. The van der Waals surface area contributed by atoms with Crippen LogP contribution in [0.2, 0.25) is 0 Å². The van der Waals surface area contributed by atoms with Crippen LogP contribution in [0.15, 0.2) is 0 Å². The van der Waals surface area contributed by atoms with E-state index < -0.39 is 31.0 Å². The summed E-state index contributed by atoms with van der Waals surface area (Å²) in [7, 11) is 0. The zero-order valence-corrected chi connectivity index (χ0v) is 8.63. The summed E-state index contributed by atoms with van der Waals surface area (Å²) in [4.78, 5) is 11.3. The standard InChI is InChI=1S/C9H16F2N2O2/c1-6-2-3-7(15-6)8(14)13-5-9(10,11)4-12/h6-7H,2-5,12H2,1H3,(H,13,14). The second-order valence-corrected chi connectivity index (χ2v) is 3.79. The maximum absolute atomic E-state index is 12.7. The molecule has 1 amide bonds. The van der Waals surface area contributed by atoms with Gasteiger partial charge in [0.2, 0.25) is 5.91 Å². The summed E-state index contributed by atoms with van der Waals surface area (Å²) in [5, 5.41) is 2.14. The van der Waals surface area contributed by atoms with E-state index in [0.29, 0.717) is 6.42 Å². The van der Waals surface area contributed by atoms with Crippen molar-refractivity contribution >= 4 is 5.91 Å². The highest BCUT2D eigenvalue weighted by Crippen LogP contribution is 2.19. The first-order valence-electron chi connectivity index (χ1n) is 4.95. The van der Waals surface area contributed by atoms with E-state index in [1.807, 2.05) is 6.92 Å². The van der Waals surface area contributed by atoms with Crippen LogP contribution in [0, 0.1) is 0 Å². The fourth-order valence-electron chi connectivity index (χ4n) is 1.40. The van der Waals surface area contributed by atoms with E-state index in [1.54, 1.807) is 0 Å². The molecule has 3 N–H and O–H groups in total. The van der Waals surface area contributed by atoms with E-state index in [0.717, 1.165) is 6.42 Å². The van der Waals surface area contributed by atoms with E-state index in [2.05, 4.69) is 5.32 Å². The molecule has 88 valence electrons. The first-order chi connectivity index (χ1) is 6.94. The molecule has 4 nitrogen and oxygen atoms in total. The van der Waals surface area contributed by atoms with Crippen molar-refractivity contribution in [3.63, 3.8) is 0 Å². The summed E-state index contributed by atoms with van der Waals surface area (Å²) in [6.07, 6.45) is 0.802. The maximum Gasteiger partial charge on any atom is 0.277 e. The molecule has 15 heavy (non-hydrogen) atoms. The van der Waals surface area contributed by atoms with Gasteiger partial charge in [-0.15, -0.1) is 0 Å². The summed E-state index contributed by atoms with van der Waals surface area (Å²) in [6, 6.07) is 0. The van der Waals surface area contributed by atoms with Crippen LogP contribution in [0.1, 0.15) is 19.8 Å². The zero-order valence-electron chi connectivity index (χ0n) is 8.63. The van der Waals surface area contributed by atoms with Gasteiger partial charge in [-0.3, -0.25) is 4.79 Å². The average molecular weight is 222 g/mol. The van der Waals surface area contributed by atoms with Crippen molar-refractivity contribution < 1.29 is 18.3 Å². The van der Waals surface area contributed by atoms with Crippen LogP contribution >= 0.6 is 0 Å². The molecule has 2 atom stereocenters. The second-order valence-electron chi connectivity index (χ2n) is 3.79. The zero-order chi connectivity index (χ0) is 11.5. The minimum Gasteiger partial charge on any atom is -0.365 e. The number of nitrogens with one attached hydrogen (secondary N) is 1. The van der Waals surface area contributed by atoms with Gasteiger partial charge in [-0.25, -0.2) is 8.78 Å². The maximum atomic E-state index is 12.7. The number of alkyl halides is 2. The molecule has 0 aromatic carbocycles. The molecular formula is C9H16F2N2O2. The van der Waals surface area contributed by atoms with Gasteiger partial charge in [0.05, 0.1) is 19.2 Å². The molecule has 0 radical (unpaired) electrons. The number of hydrogen-bond acceptors (Lipinski definition) is 3. The summed E-state index contributed by atoms with van der Waals surface area (Å²) >= 11 is 0. The van der Waals surface area contributed by atoms with Crippen molar-refractivity contribution in [3.05, 3.63) is 0 Å². The number of carbonyl (C=O) groups excluding carboxylic acids is 1. The minimum absolute atomic E-state index is 0.0239. The predicted octanol–water partition coefficient (Wildman–Crippen LogP) is 0.264. The van der Waals surface area contributed by atoms with Gasteiger partial charge < -0.3 is 15.8 Å². The lowest BCUT2D eigenvalue weighted by molar-refractivity contribution is -0.133. The highest BCUT2D eigenvalue weighted by molar-refractivity contribution is 5.81. The normalized spacial score (nSPS) is 26.7. The predicted molar refractivity (Wildman–Crippen MR) is 50.6 cm³/mol. The first-order valence-corrected chi connectivity index (χ1v) is 4.95. The van der Waals surface area contributed by atoms with Gasteiger partial charge in [0, 0.05) is 0 Å².